The van der Waals surface area contributed by atoms with Gasteiger partial charge in [-0.1, -0.05) is 30.3 Å². The number of carbonyl (C=O) groups excluding carboxylic acids is 2. The molecule has 2 aromatic rings. The lowest BCUT2D eigenvalue weighted by Gasteiger charge is -2.26. The average Bonchev–Trinajstić information content (AvgIpc) is 3.19. The fraction of sp³-hybridized carbons (Fsp3) is 0.400. The van der Waals surface area contributed by atoms with Crippen molar-refractivity contribution in [1.82, 2.24) is 26.1 Å². The summed E-state index contributed by atoms with van der Waals surface area (Å²) in [6.07, 6.45) is 5.02. The molecule has 7 nitrogen and oxygen atoms in total. The van der Waals surface area contributed by atoms with Crippen LogP contribution in [0.4, 0.5) is 0 Å². The molecular formula is C20H23N5O2. The predicted octanol–water partition coefficient (Wildman–Crippen LogP) is 1.46. The van der Waals surface area contributed by atoms with Crippen molar-refractivity contribution >= 4 is 11.7 Å². The van der Waals surface area contributed by atoms with Gasteiger partial charge in [-0.2, -0.15) is 0 Å². The van der Waals surface area contributed by atoms with E-state index < -0.39 is 6.04 Å². The van der Waals surface area contributed by atoms with E-state index in [0.29, 0.717) is 12.2 Å². The number of hydrazine groups is 1. The first-order valence-corrected chi connectivity index (χ1v) is 9.35. The topological polar surface area (TPSA) is 96.0 Å². The number of Topliss-reactive ketones (excluding diaryl/α,β-unsaturated/α-hetero) is 1. The summed E-state index contributed by atoms with van der Waals surface area (Å²) < 4.78 is 0. The van der Waals surface area contributed by atoms with Gasteiger partial charge in [-0.15, -0.1) is 0 Å². The molecule has 0 spiro atoms. The number of fused-ring (bicyclic) bond motifs is 1. The third-order valence-electron chi connectivity index (χ3n) is 5.24. The summed E-state index contributed by atoms with van der Waals surface area (Å²) in [5.41, 5.74) is 8.78. The molecule has 3 unspecified atom stereocenters. The van der Waals surface area contributed by atoms with E-state index >= 15 is 0 Å². The second kappa shape index (κ2) is 7.54. The monoisotopic (exact) mass is 365 g/mol. The van der Waals surface area contributed by atoms with Gasteiger partial charge < -0.3 is 5.32 Å². The molecule has 0 radical (unpaired) electrons. The molecule has 1 aromatic heterocycles. The summed E-state index contributed by atoms with van der Waals surface area (Å²) in [5.74, 6) is 0.645. The highest BCUT2D eigenvalue weighted by Crippen LogP contribution is 2.29. The molecule has 27 heavy (non-hydrogen) atoms. The van der Waals surface area contributed by atoms with Gasteiger partial charge in [0.15, 0.2) is 5.82 Å². The SMILES string of the molecule is CC(=O)C1CC(C(=O)NC2CCCc3nc(-c4ccccc4)ncc32)NN1. The van der Waals surface area contributed by atoms with Crippen molar-refractivity contribution in [3.63, 3.8) is 0 Å². The van der Waals surface area contributed by atoms with Crippen LogP contribution in [0, 0.1) is 0 Å². The van der Waals surface area contributed by atoms with Crippen LogP contribution in [0.3, 0.4) is 0 Å². The Balaban J connectivity index is 1.49. The van der Waals surface area contributed by atoms with E-state index in [2.05, 4.69) is 21.2 Å². The standard InChI is InChI=1S/C20H23N5O2/c1-12(26)17-10-18(25-24-17)20(27)23-16-9-5-8-15-14(16)11-21-19(22-15)13-6-3-2-4-7-13/h2-4,6-7,11,16-18,24-25H,5,8-10H2,1H3,(H,23,27). The number of hydrogen-bond donors (Lipinski definition) is 3. The number of rotatable bonds is 4. The van der Waals surface area contributed by atoms with Crippen LogP contribution in [-0.2, 0) is 16.0 Å². The first-order chi connectivity index (χ1) is 13.1. The first-order valence-electron chi connectivity index (χ1n) is 9.35. The Morgan fingerprint density at radius 1 is 1.15 bits per heavy atom. The van der Waals surface area contributed by atoms with Crippen LogP contribution in [0.1, 0.15) is 43.5 Å². The summed E-state index contributed by atoms with van der Waals surface area (Å²) in [7, 11) is 0. The number of hydrogen-bond acceptors (Lipinski definition) is 6. The molecule has 2 aliphatic rings. The molecule has 0 saturated carbocycles. The van der Waals surface area contributed by atoms with E-state index in [1.54, 1.807) is 0 Å². The Kier molecular flexibility index (Phi) is 4.96. The van der Waals surface area contributed by atoms with Gasteiger partial charge in [0, 0.05) is 23.0 Å². The number of aryl methyl sites for hydroxylation is 1. The molecule has 1 aliphatic carbocycles. The number of nitrogens with one attached hydrogen (secondary N) is 3. The summed E-state index contributed by atoms with van der Waals surface area (Å²) in [6, 6.07) is 9.09. The smallest absolute Gasteiger partial charge is 0.239 e. The van der Waals surface area contributed by atoms with Gasteiger partial charge in [-0.05, 0) is 32.6 Å². The highest BCUT2D eigenvalue weighted by Gasteiger charge is 2.33. The Hall–Kier alpha value is -2.64. The van der Waals surface area contributed by atoms with Crippen LogP contribution >= 0.6 is 0 Å². The van der Waals surface area contributed by atoms with E-state index in [0.717, 1.165) is 36.1 Å². The number of aromatic nitrogens is 2. The minimum absolute atomic E-state index is 0.0302. The molecule has 4 rings (SSSR count). The maximum absolute atomic E-state index is 12.6. The zero-order chi connectivity index (χ0) is 18.8. The Bertz CT molecular complexity index is 855. The van der Waals surface area contributed by atoms with Gasteiger partial charge in [-0.3, -0.25) is 9.59 Å². The normalized spacial score (nSPS) is 24.3. The predicted molar refractivity (Wildman–Crippen MR) is 100 cm³/mol. The molecule has 2 heterocycles. The van der Waals surface area contributed by atoms with E-state index in [1.165, 1.54) is 6.92 Å². The highest BCUT2D eigenvalue weighted by molar-refractivity contribution is 5.86. The van der Waals surface area contributed by atoms with Gasteiger partial charge in [0.25, 0.3) is 0 Å². The molecule has 3 atom stereocenters. The lowest BCUT2D eigenvalue weighted by Crippen LogP contribution is -2.45. The second-order valence-electron chi connectivity index (χ2n) is 7.16. The summed E-state index contributed by atoms with van der Waals surface area (Å²) in [6.45, 7) is 1.53. The van der Waals surface area contributed by atoms with E-state index in [-0.39, 0.29) is 23.8 Å². The van der Waals surface area contributed by atoms with Crippen molar-refractivity contribution in [1.29, 1.82) is 0 Å². The maximum Gasteiger partial charge on any atom is 0.239 e. The largest absolute Gasteiger partial charge is 0.348 e. The third-order valence-corrected chi connectivity index (χ3v) is 5.24. The zero-order valence-corrected chi connectivity index (χ0v) is 15.2. The lowest BCUT2D eigenvalue weighted by atomic mass is 9.91. The summed E-state index contributed by atoms with van der Waals surface area (Å²) in [5, 5.41) is 3.10. The molecule has 3 N–H and O–H groups in total. The molecule has 0 bridgehead atoms. The Morgan fingerprint density at radius 3 is 2.67 bits per heavy atom. The van der Waals surface area contributed by atoms with Crippen LogP contribution in [-0.4, -0.2) is 33.7 Å². The van der Waals surface area contributed by atoms with E-state index in [9.17, 15) is 9.59 Å². The summed E-state index contributed by atoms with van der Waals surface area (Å²) in [4.78, 5) is 33.3. The molecule has 1 amide bonds. The lowest BCUT2D eigenvalue weighted by molar-refractivity contribution is -0.123. The van der Waals surface area contributed by atoms with E-state index in [1.807, 2.05) is 36.5 Å². The van der Waals surface area contributed by atoms with Crippen LogP contribution in [0.2, 0.25) is 0 Å². The number of carbonyl (C=O) groups is 2. The van der Waals surface area contributed by atoms with Gasteiger partial charge in [0.1, 0.15) is 11.8 Å². The number of nitrogens with zero attached hydrogens (tertiary/aromatic N) is 2. The minimum Gasteiger partial charge on any atom is -0.348 e. The van der Waals surface area contributed by atoms with Crippen molar-refractivity contribution in [3.05, 3.63) is 47.8 Å². The highest BCUT2D eigenvalue weighted by atomic mass is 16.2. The molecule has 1 fully saturated rings. The van der Waals surface area contributed by atoms with Crippen LogP contribution in [0.25, 0.3) is 11.4 Å². The molecule has 7 heteroatoms. The average molecular weight is 365 g/mol. The van der Waals surface area contributed by atoms with Crippen molar-refractivity contribution in [2.24, 2.45) is 0 Å². The number of amides is 1. The molecule has 1 aromatic carbocycles. The molecule has 1 saturated heterocycles. The van der Waals surface area contributed by atoms with Crippen molar-refractivity contribution in [2.75, 3.05) is 0 Å². The number of ketones is 1. The van der Waals surface area contributed by atoms with Crippen LogP contribution < -0.4 is 16.2 Å². The van der Waals surface area contributed by atoms with Crippen LogP contribution in [0.5, 0.6) is 0 Å². The minimum atomic E-state index is -0.409. The zero-order valence-electron chi connectivity index (χ0n) is 15.2. The fourth-order valence-corrected chi connectivity index (χ4v) is 3.69. The Labute approximate surface area is 158 Å². The third kappa shape index (κ3) is 3.74. The summed E-state index contributed by atoms with van der Waals surface area (Å²) >= 11 is 0. The maximum atomic E-state index is 12.6. The van der Waals surface area contributed by atoms with E-state index in [4.69, 9.17) is 4.98 Å². The first kappa shape index (κ1) is 17.8. The molecule has 140 valence electrons. The van der Waals surface area contributed by atoms with Gasteiger partial charge in [0.2, 0.25) is 5.91 Å². The number of benzene rings is 1. The van der Waals surface area contributed by atoms with Gasteiger partial charge >= 0.3 is 0 Å². The van der Waals surface area contributed by atoms with Crippen molar-refractivity contribution in [2.45, 2.75) is 50.7 Å². The quantitative estimate of drug-likeness (QED) is 0.759. The Morgan fingerprint density at radius 2 is 1.93 bits per heavy atom. The second-order valence-corrected chi connectivity index (χ2v) is 7.16. The fourth-order valence-electron chi connectivity index (χ4n) is 3.69. The van der Waals surface area contributed by atoms with Crippen molar-refractivity contribution in [3.8, 4) is 11.4 Å². The van der Waals surface area contributed by atoms with Gasteiger partial charge in [-0.25, -0.2) is 20.8 Å². The molecular weight excluding hydrogens is 342 g/mol. The molecule has 1 aliphatic heterocycles. The van der Waals surface area contributed by atoms with Crippen LogP contribution in [0.15, 0.2) is 36.5 Å². The van der Waals surface area contributed by atoms with Crippen molar-refractivity contribution < 1.29 is 9.59 Å². The van der Waals surface area contributed by atoms with Gasteiger partial charge in [0.05, 0.1) is 12.1 Å².